The van der Waals surface area contributed by atoms with E-state index in [9.17, 15) is 14.0 Å². The molecule has 2 amide bonds. The molecule has 0 aliphatic heterocycles. The predicted octanol–water partition coefficient (Wildman–Crippen LogP) is 3.45. The van der Waals surface area contributed by atoms with Crippen LogP contribution in [0.5, 0.6) is 11.5 Å². The van der Waals surface area contributed by atoms with Crippen LogP contribution in [0.3, 0.4) is 0 Å². The number of benzene rings is 2. The Hall–Kier alpha value is -3.09. The van der Waals surface area contributed by atoms with Crippen LogP contribution >= 0.6 is 0 Å². The molecule has 0 radical (unpaired) electrons. The van der Waals surface area contributed by atoms with E-state index in [4.69, 9.17) is 9.47 Å². The molecule has 0 bridgehead atoms. The van der Waals surface area contributed by atoms with E-state index in [0.29, 0.717) is 17.2 Å². The number of hydrogen-bond donors (Lipinski definition) is 2. The number of rotatable bonds is 6. The minimum Gasteiger partial charge on any atom is -0.497 e. The van der Waals surface area contributed by atoms with Gasteiger partial charge in [-0.05, 0) is 44.2 Å². The van der Waals surface area contributed by atoms with Crippen LogP contribution in [-0.4, -0.2) is 26.0 Å². The van der Waals surface area contributed by atoms with E-state index < -0.39 is 23.0 Å². The van der Waals surface area contributed by atoms with Crippen LogP contribution in [0.1, 0.15) is 13.8 Å². The van der Waals surface area contributed by atoms with Crippen LogP contribution in [0.2, 0.25) is 0 Å². The molecule has 138 valence electrons. The monoisotopic (exact) mass is 360 g/mol. The Bertz CT molecular complexity index is 821. The molecule has 0 aliphatic rings. The number of anilines is 2. The number of amides is 2. The lowest BCUT2D eigenvalue weighted by atomic mass is 9.90. The highest BCUT2D eigenvalue weighted by Crippen LogP contribution is 2.31. The Labute approximate surface area is 151 Å². The Morgan fingerprint density at radius 2 is 1.65 bits per heavy atom. The van der Waals surface area contributed by atoms with Crippen molar-refractivity contribution in [2.45, 2.75) is 13.8 Å². The first-order valence-electron chi connectivity index (χ1n) is 7.88. The number of carbonyl (C=O) groups is 2. The third-order valence-electron chi connectivity index (χ3n) is 3.87. The first-order valence-corrected chi connectivity index (χ1v) is 7.88. The molecule has 6 nitrogen and oxygen atoms in total. The third kappa shape index (κ3) is 4.30. The van der Waals surface area contributed by atoms with Crippen molar-refractivity contribution in [2.24, 2.45) is 5.41 Å². The van der Waals surface area contributed by atoms with Gasteiger partial charge in [-0.15, -0.1) is 0 Å². The molecule has 0 fully saturated rings. The van der Waals surface area contributed by atoms with Crippen molar-refractivity contribution in [3.05, 3.63) is 48.3 Å². The van der Waals surface area contributed by atoms with Gasteiger partial charge in [-0.2, -0.15) is 0 Å². The van der Waals surface area contributed by atoms with Crippen LogP contribution in [0.25, 0.3) is 0 Å². The van der Waals surface area contributed by atoms with Gasteiger partial charge in [0.15, 0.2) is 0 Å². The summed E-state index contributed by atoms with van der Waals surface area (Å²) in [5.41, 5.74) is -0.722. The molecule has 0 saturated heterocycles. The second-order valence-corrected chi connectivity index (χ2v) is 6.11. The molecule has 0 aromatic heterocycles. The molecule has 0 aliphatic carbocycles. The smallest absolute Gasteiger partial charge is 0.239 e. The van der Waals surface area contributed by atoms with Crippen LogP contribution in [-0.2, 0) is 9.59 Å². The van der Waals surface area contributed by atoms with E-state index >= 15 is 0 Å². The molecule has 2 rings (SSSR count). The summed E-state index contributed by atoms with van der Waals surface area (Å²) in [6.07, 6.45) is 0. The second-order valence-electron chi connectivity index (χ2n) is 6.11. The minimum atomic E-state index is -1.41. The summed E-state index contributed by atoms with van der Waals surface area (Å²) in [6, 6.07) is 10.4. The lowest BCUT2D eigenvalue weighted by Crippen LogP contribution is -2.41. The predicted molar refractivity (Wildman–Crippen MR) is 97.0 cm³/mol. The van der Waals surface area contributed by atoms with E-state index in [1.54, 1.807) is 24.3 Å². The summed E-state index contributed by atoms with van der Waals surface area (Å²) in [5.74, 6) is -0.599. The first kappa shape index (κ1) is 19.2. The van der Waals surface area contributed by atoms with Gasteiger partial charge in [0.2, 0.25) is 11.8 Å². The first-order chi connectivity index (χ1) is 12.3. The van der Waals surface area contributed by atoms with Crippen molar-refractivity contribution < 1.29 is 23.5 Å². The maximum absolute atomic E-state index is 13.3. The van der Waals surface area contributed by atoms with Crippen LogP contribution in [0.15, 0.2) is 42.5 Å². The van der Waals surface area contributed by atoms with E-state index in [1.165, 1.54) is 46.3 Å². The maximum Gasteiger partial charge on any atom is 0.239 e. The highest BCUT2D eigenvalue weighted by molar-refractivity contribution is 6.14. The van der Waals surface area contributed by atoms with E-state index in [0.717, 1.165) is 0 Å². The quantitative estimate of drug-likeness (QED) is 0.774. The minimum absolute atomic E-state index is 0.276. The average Bonchev–Trinajstić information content (AvgIpc) is 2.61. The summed E-state index contributed by atoms with van der Waals surface area (Å²) in [6.45, 7) is 2.96. The summed E-state index contributed by atoms with van der Waals surface area (Å²) in [7, 11) is 2.99. The van der Waals surface area contributed by atoms with Gasteiger partial charge in [0.1, 0.15) is 22.7 Å². The van der Waals surface area contributed by atoms with Gasteiger partial charge in [-0.1, -0.05) is 6.07 Å². The zero-order chi connectivity index (χ0) is 19.3. The lowest BCUT2D eigenvalue weighted by molar-refractivity contribution is -0.135. The number of methoxy groups -OCH3 is 2. The van der Waals surface area contributed by atoms with Crippen LogP contribution < -0.4 is 20.1 Å². The molecule has 0 saturated carbocycles. The van der Waals surface area contributed by atoms with Gasteiger partial charge in [0.25, 0.3) is 0 Å². The molecular formula is C19H21FN2O4. The van der Waals surface area contributed by atoms with Crippen LogP contribution in [0, 0.1) is 11.2 Å². The topological polar surface area (TPSA) is 76.7 Å². The largest absolute Gasteiger partial charge is 0.497 e. The average molecular weight is 360 g/mol. The normalized spacial score (nSPS) is 10.8. The van der Waals surface area contributed by atoms with E-state index in [-0.39, 0.29) is 5.69 Å². The zero-order valence-corrected chi connectivity index (χ0v) is 15.1. The Kier molecular flexibility index (Phi) is 5.82. The molecule has 0 spiro atoms. The zero-order valence-electron chi connectivity index (χ0n) is 15.1. The van der Waals surface area contributed by atoms with E-state index in [1.807, 2.05) is 0 Å². The number of halogens is 1. The molecule has 26 heavy (non-hydrogen) atoms. The molecule has 0 atom stereocenters. The summed E-state index contributed by atoms with van der Waals surface area (Å²) >= 11 is 0. The molecule has 2 aromatic carbocycles. The van der Waals surface area contributed by atoms with Crippen molar-refractivity contribution in [2.75, 3.05) is 24.9 Å². The Morgan fingerprint density at radius 1 is 0.962 bits per heavy atom. The highest BCUT2D eigenvalue weighted by Gasteiger charge is 2.36. The molecule has 0 unspecified atom stereocenters. The van der Waals surface area contributed by atoms with Crippen molar-refractivity contribution >= 4 is 23.2 Å². The van der Waals surface area contributed by atoms with Crippen molar-refractivity contribution in [1.82, 2.24) is 0 Å². The SMILES string of the molecule is COc1ccc(NC(=O)C(C)(C)C(=O)Nc2cccc(F)c2)c(OC)c1. The van der Waals surface area contributed by atoms with Gasteiger partial charge < -0.3 is 20.1 Å². The standard InChI is InChI=1S/C19H21FN2O4/c1-19(2,17(23)21-13-7-5-6-12(20)10-13)18(24)22-15-9-8-14(25-3)11-16(15)26-4/h5-11H,1-4H3,(H,21,23)(H,22,24). The fraction of sp³-hybridized carbons (Fsp3) is 0.263. The summed E-state index contributed by atoms with van der Waals surface area (Å²) in [5, 5.41) is 5.22. The Balaban J connectivity index is 2.15. The van der Waals surface area contributed by atoms with Crippen molar-refractivity contribution in [3.8, 4) is 11.5 Å². The summed E-state index contributed by atoms with van der Waals surface area (Å²) in [4.78, 5) is 25.1. The van der Waals surface area contributed by atoms with Gasteiger partial charge >= 0.3 is 0 Å². The molecule has 2 aromatic rings. The molecule has 7 heteroatoms. The third-order valence-corrected chi connectivity index (χ3v) is 3.87. The van der Waals surface area contributed by atoms with Crippen molar-refractivity contribution in [3.63, 3.8) is 0 Å². The number of carbonyl (C=O) groups excluding carboxylic acids is 2. The van der Waals surface area contributed by atoms with Gasteiger partial charge in [0, 0.05) is 11.8 Å². The van der Waals surface area contributed by atoms with Crippen LogP contribution in [0.4, 0.5) is 15.8 Å². The number of hydrogen-bond acceptors (Lipinski definition) is 4. The second kappa shape index (κ2) is 7.86. The lowest BCUT2D eigenvalue weighted by Gasteiger charge is -2.23. The van der Waals surface area contributed by atoms with Crippen molar-refractivity contribution in [1.29, 1.82) is 0 Å². The van der Waals surface area contributed by atoms with E-state index in [2.05, 4.69) is 10.6 Å². The van der Waals surface area contributed by atoms with Gasteiger partial charge in [0.05, 0.1) is 19.9 Å². The Morgan fingerprint density at radius 3 is 2.27 bits per heavy atom. The van der Waals surface area contributed by atoms with Gasteiger partial charge in [-0.25, -0.2) is 4.39 Å². The number of nitrogens with one attached hydrogen (secondary N) is 2. The fourth-order valence-electron chi connectivity index (χ4n) is 2.14. The highest BCUT2D eigenvalue weighted by atomic mass is 19.1. The maximum atomic E-state index is 13.3. The molecule has 2 N–H and O–H groups in total. The number of ether oxygens (including phenoxy) is 2. The molecule has 0 heterocycles. The molecular weight excluding hydrogens is 339 g/mol. The fourth-order valence-corrected chi connectivity index (χ4v) is 2.14. The summed E-state index contributed by atoms with van der Waals surface area (Å²) < 4.78 is 23.6. The van der Waals surface area contributed by atoms with Gasteiger partial charge in [-0.3, -0.25) is 9.59 Å².